The molecule has 21 heavy (non-hydrogen) atoms. The minimum absolute atomic E-state index is 0.164. The molecule has 0 aliphatic heterocycles. The van der Waals surface area contributed by atoms with E-state index in [2.05, 4.69) is 20.8 Å². The fourth-order valence-corrected chi connectivity index (χ4v) is 2.97. The van der Waals surface area contributed by atoms with Gasteiger partial charge >= 0.3 is 0 Å². The number of amides is 1. The van der Waals surface area contributed by atoms with Gasteiger partial charge in [-0.1, -0.05) is 18.2 Å². The summed E-state index contributed by atoms with van der Waals surface area (Å²) in [7, 11) is -2.31. The number of para-hydroxylation sites is 1. The molecule has 1 amide bonds. The van der Waals surface area contributed by atoms with Gasteiger partial charge in [0.25, 0.3) is 0 Å². The molecule has 2 rings (SSSR count). The number of tetrazole rings is 1. The van der Waals surface area contributed by atoms with Gasteiger partial charge in [-0.3, -0.25) is 4.79 Å². The molecule has 0 fully saturated rings. The fraction of sp³-hybridized carbons (Fsp3) is 0.333. The van der Waals surface area contributed by atoms with Crippen LogP contribution in [0.25, 0.3) is 5.69 Å². The second kappa shape index (κ2) is 6.00. The highest BCUT2D eigenvalue weighted by Crippen LogP contribution is 2.13. The lowest BCUT2D eigenvalue weighted by Crippen LogP contribution is -2.36. The van der Waals surface area contributed by atoms with Crippen LogP contribution in [0.1, 0.15) is 12.7 Å². The molecule has 0 radical (unpaired) electrons. The van der Waals surface area contributed by atoms with Crippen LogP contribution in [0, 0.1) is 0 Å². The van der Waals surface area contributed by atoms with Crippen molar-refractivity contribution < 1.29 is 13.2 Å². The van der Waals surface area contributed by atoms with E-state index in [1.807, 2.05) is 6.07 Å². The van der Waals surface area contributed by atoms with E-state index in [9.17, 15) is 13.2 Å². The van der Waals surface area contributed by atoms with Gasteiger partial charge in [-0.05, 0) is 29.5 Å². The molecule has 1 aromatic heterocycles. The molecule has 0 aliphatic carbocycles. The highest BCUT2D eigenvalue weighted by molar-refractivity contribution is 7.92. The lowest BCUT2D eigenvalue weighted by molar-refractivity contribution is -0.119. The maximum absolute atomic E-state index is 12.2. The lowest BCUT2D eigenvalue weighted by Gasteiger charge is -2.11. The van der Waals surface area contributed by atoms with Crippen molar-refractivity contribution in [1.29, 1.82) is 0 Å². The summed E-state index contributed by atoms with van der Waals surface area (Å²) in [6.45, 7) is 1.34. The van der Waals surface area contributed by atoms with Gasteiger partial charge in [0.15, 0.2) is 15.7 Å². The van der Waals surface area contributed by atoms with Crippen LogP contribution in [-0.4, -0.2) is 46.8 Å². The van der Waals surface area contributed by atoms with Crippen molar-refractivity contribution in [1.82, 2.24) is 25.5 Å². The zero-order valence-electron chi connectivity index (χ0n) is 11.6. The molecule has 9 heteroatoms. The summed E-state index contributed by atoms with van der Waals surface area (Å²) in [4.78, 5) is 11.5. The molecule has 0 bridgehead atoms. The molecule has 0 saturated heterocycles. The summed E-state index contributed by atoms with van der Waals surface area (Å²) in [5.41, 5.74) is 0.653. The monoisotopic (exact) mass is 309 g/mol. The van der Waals surface area contributed by atoms with Crippen molar-refractivity contribution in [3.63, 3.8) is 0 Å². The van der Waals surface area contributed by atoms with Gasteiger partial charge < -0.3 is 5.32 Å². The first-order valence-electron chi connectivity index (χ1n) is 6.21. The Bertz CT molecular complexity index is 726. The maximum atomic E-state index is 12.2. The first-order valence-corrected chi connectivity index (χ1v) is 7.93. The third-order valence-corrected chi connectivity index (χ3v) is 4.97. The first-order chi connectivity index (χ1) is 9.95. The normalized spacial score (nSPS) is 12.9. The average Bonchev–Trinajstić information content (AvgIpc) is 2.93. The summed E-state index contributed by atoms with van der Waals surface area (Å²) in [5, 5.41) is 12.2. The van der Waals surface area contributed by atoms with Crippen molar-refractivity contribution in [2.24, 2.45) is 0 Å². The van der Waals surface area contributed by atoms with E-state index in [-0.39, 0.29) is 5.82 Å². The number of nitrogens with one attached hydrogen (secondary N) is 1. The van der Waals surface area contributed by atoms with Gasteiger partial charge in [-0.2, -0.15) is 4.68 Å². The molecule has 1 unspecified atom stereocenters. The Hall–Kier alpha value is -2.29. The number of hydrogen-bond donors (Lipinski definition) is 1. The second-order valence-corrected chi connectivity index (χ2v) is 6.73. The number of rotatable bonds is 5. The summed E-state index contributed by atoms with van der Waals surface area (Å²) < 4.78 is 25.8. The highest BCUT2D eigenvalue weighted by atomic mass is 32.2. The summed E-state index contributed by atoms with van der Waals surface area (Å²) >= 11 is 0. The molecule has 0 aliphatic rings. The van der Waals surface area contributed by atoms with Crippen LogP contribution in [0.5, 0.6) is 0 Å². The van der Waals surface area contributed by atoms with Gasteiger partial charge in [0, 0.05) is 7.05 Å². The van der Waals surface area contributed by atoms with Crippen LogP contribution in [-0.2, 0) is 20.4 Å². The molecular formula is C12H15N5O3S. The second-order valence-electron chi connectivity index (χ2n) is 4.41. The number of carbonyl (C=O) groups is 1. The SMILES string of the molecule is CNC(=O)C(C)S(=O)(=O)Cc1nnnn1-c1ccccc1. The van der Waals surface area contributed by atoms with E-state index < -0.39 is 26.7 Å². The third kappa shape index (κ3) is 3.24. The summed E-state index contributed by atoms with van der Waals surface area (Å²) in [5.74, 6) is -0.811. The molecular weight excluding hydrogens is 294 g/mol. The Balaban J connectivity index is 2.30. The molecule has 0 spiro atoms. The van der Waals surface area contributed by atoms with Crippen LogP contribution in [0.3, 0.4) is 0 Å². The Labute approximate surface area is 122 Å². The minimum atomic E-state index is -3.70. The Morgan fingerprint density at radius 2 is 2.00 bits per heavy atom. The van der Waals surface area contributed by atoms with E-state index in [4.69, 9.17) is 0 Å². The number of sulfone groups is 1. The number of hydrogen-bond acceptors (Lipinski definition) is 6. The van der Waals surface area contributed by atoms with E-state index in [1.165, 1.54) is 18.7 Å². The summed E-state index contributed by atoms with van der Waals surface area (Å²) in [6.07, 6.45) is 0. The number of aromatic nitrogens is 4. The van der Waals surface area contributed by atoms with Crippen molar-refractivity contribution in [2.45, 2.75) is 17.9 Å². The number of carbonyl (C=O) groups excluding carboxylic acids is 1. The van der Waals surface area contributed by atoms with Gasteiger partial charge in [-0.15, -0.1) is 5.10 Å². The van der Waals surface area contributed by atoms with Gasteiger partial charge in [-0.25, -0.2) is 8.42 Å². The Morgan fingerprint density at radius 3 is 2.62 bits per heavy atom. The fourth-order valence-electron chi connectivity index (χ4n) is 1.74. The van der Waals surface area contributed by atoms with Crippen LogP contribution in [0.2, 0.25) is 0 Å². The molecule has 1 aromatic carbocycles. The number of nitrogens with zero attached hydrogens (tertiary/aromatic N) is 4. The lowest BCUT2D eigenvalue weighted by atomic mass is 10.3. The summed E-state index contributed by atoms with van der Waals surface area (Å²) in [6, 6.07) is 8.94. The predicted molar refractivity (Wildman–Crippen MR) is 75.3 cm³/mol. The molecule has 8 nitrogen and oxygen atoms in total. The highest BCUT2D eigenvalue weighted by Gasteiger charge is 2.29. The van der Waals surface area contributed by atoms with Gasteiger partial charge in [0.1, 0.15) is 11.0 Å². The standard InChI is InChI=1S/C12H15N5O3S/c1-9(12(18)13-2)21(19,20)8-11-14-15-16-17(11)10-6-4-3-5-7-10/h3-7,9H,8H2,1-2H3,(H,13,18). The molecule has 112 valence electrons. The van der Waals surface area contributed by atoms with E-state index >= 15 is 0 Å². The van der Waals surface area contributed by atoms with Crippen molar-refractivity contribution in [3.8, 4) is 5.69 Å². The van der Waals surface area contributed by atoms with Crippen molar-refractivity contribution >= 4 is 15.7 Å². The van der Waals surface area contributed by atoms with E-state index in [0.29, 0.717) is 5.69 Å². The van der Waals surface area contributed by atoms with Gasteiger partial charge in [0.2, 0.25) is 5.91 Å². The number of benzene rings is 1. The van der Waals surface area contributed by atoms with E-state index in [0.717, 1.165) is 0 Å². The largest absolute Gasteiger partial charge is 0.358 e. The topological polar surface area (TPSA) is 107 Å². The van der Waals surface area contributed by atoms with Crippen LogP contribution < -0.4 is 5.32 Å². The van der Waals surface area contributed by atoms with E-state index in [1.54, 1.807) is 24.3 Å². The zero-order chi connectivity index (χ0) is 15.5. The molecule has 1 atom stereocenters. The smallest absolute Gasteiger partial charge is 0.237 e. The van der Waals surface area contributed by atoms with Crippen molar-refractivity contribution in [2.75, 3.05) is 7.05 Å². The molecule has 2 aromatic rings. The maximum Gasteiger partial charge on any atom is 0.237 e. The quantitative estimate of drug-likeness (QED) is 0.813. The van der Waals surface area contributed by atoms with Crippen LogP contribution in [0.15, 0.2) is 30.3 Å². The van der Waals surface area contributed by atoms with Gasteiger partial charge in [0.05, 0.1) is 5.69 Å². The van der Waals surface area contributed by atoms with Crippen LogP contribution >= 0.6 is 0 Å². The molecule has 1 N–H and O–H groups in total. The molecule has 1 heterocycles. The Morgan fingerprint density at radius 1 is 1.33 bits per heavy atom. The molecule has 0 saturated carbocycles. The third-order valence-electron chi connectivity index (χ3n) is 3.02. The predicted octanol–water partition coefficient (Wildman–Crippen LogP) is -0.288. The first kappa shape index (κ1) is 15.1. The van der Waals surface area contributed by atoms with Crippen molar-refractivity contribution in [3.05, 3.63) is 36.2 Å². The Kier molecular flexibility index (Phi) is 4.32. The van der Waals surface area contributed by atoms with Crippen LogP contribution in [0.4, 0.5) is 0 Å². The zero-order valence-corrected chi connectivity index (χ0v) is 12.4. The average molecular weight is 309 g/mol. The minimum Gasteiger partial charge on any atom is -0.358 e.